The summed E-state index contributed by atoms with van der Waals surface area (Å²) in [5, 5.41) is 0. The first-order valence-corrected chi connectivity index (χ1v) is 4.57. The van der Waals surface area contributed by atoms with Crippen LogP contribution in [0.3, 0.4) is 0 Å². The normalized spacial score (nSPS) is 42.7. The molecule has 0 heteroatoms. The lowest BCUT2D eigenvalue weighted by Crippen LogP contribution is -1.98. The van der Waals surface area contributed by atoms with Gasteiger partial charge in [0, 0.05) is 0 Å². The molecule has 56 valence electrons. The van der Waals surface area contributed by atoms with Crippen molar-refractivity contribution < 1.29 is 0 Å². The molecule has 0 nitrogen and oxygen atoms in total. The summed E-state index contributed by atoms with van der Waals surface area (Å²) < 4.78 is 0. The van der Waals surface area contributed by atoms with Gasteiger partial charge in [-0.2, -0.15) is 0 Å². The molecule has 0 aromatic rings. The highest BCUT2D eigenvalue weighted by molar-refractivity contribution is 5.14. The first-order valence-electron chi connectivity index (χ1n) is 4.57. The second-order valence-corrected chi connectivity index (χ2v) is 3.70. The maximum absolute atomic E-state index is 2.36. The standard InChI is InChI=1S/C10H16/c1-2-8-6-7-9-4-3-5-10(8)9/h2,9-10H,3-7H2,1H3/t9-,10-/m0/s1. The SMILES string of the molecule is CC=C1CC[C@@H]2CCC[C@@H]12. The summed E-state index contributed by atoms with van der Waals surface area (Å²) >= 11 is 0. The van der Waals surface area contributed by atoms with Crippen LogP contribution < -0.4 is 0 Å². The first-order chi connectivity index (χ1) is 4.92. The van der Waals surface area contributed by atoms with Gasteiger partial charge in [-0.1, -0.05) is 18.1 Å². The van der Waals surface area contributed by atoms with Gasteiger partial charge in [0.05, 0.1) is 0 Å². The summed E-state index contributed by atoms with van der Waals surface area (Å²) in [4.78, 5) is 0. The molecule has 0 bridgehead atoms. The fraction of sp³-hybridized carbons (Fsp3) is 0.800. The summed E-state index contributed by atoms with van der Waals surface area (Å²) in [6.07, 6.45) is 9.76. The van der Waals surface area contributed by atoms with Crippen LogP contribution in [0, 0.1) is 11.8 Å². The molecule has 0 N–H and O–H groups in total. The van der Waals surface area contributed by atoms with E-state index in [2.05, 4.69) is 13.0 Å². The molecular formula is C10H16. The summed E-state index contributed by atoms with van der Waals surface area (Å²) in [6.45, 7) is 2.20. The fourth-order valence-electron chi connectivity index (χ4n) is 2.77. The van der Waals surface area contributed by atoms with Crippen LogP contribution in [0.25, 0.3) is 0 Å². The predicted molar refractivity (Wildman–Crippen MR) is 43.8 cm³/mol. The molecule has 0 spiro atoms. The van der Waals surface area contributed by atoms with Crippen molar-refractivity contribution >= 4 is 0 Å². The average Bonchev–Trinajstić information content (AvgIpc) is 2.44. The summed E-state index contributed by atoms with van der Waals surface area (Å²) in [5.74, 6) is 2.11. The summed E-state index contributed by atoms with van der Waals surface area (Å²) in [5.41, 5.74) is 1.77. The third kappa shape index (κ3) is 0.817. The van der Waals surface area contributed by atoms with Gasteiger partial charge in [-0.15, -0.1) is 0 Å². The Morgan fingerprint density at radius 3 is 3.00 bits per heavy atom. The van der Waals surface area contributed by atoms with Crippen molar-refractivity contribution in [2.45, 2.75) is 39.0 Å². The Labute approximate surface area is 63.3 Å². The van der Waals surface area contributed by atoms with E-state index in [0.29, 0.717) is 0 Å². The third-order valence-electron chi connectivity index (χ3n) is 3.31. The Morgan fingerprint density at radius 2 is 2.20 bits per heavy atom. The molecule has 0 heterocycles. The van der Waals surface area contributed by atoms with Crippen molar-refractivity contribution in [2.75, 3.05) is 0 Å². The highest BCUT2D eigenvalue weighted by atomic mass is 14.4. The molecule has 2 atom stereocenters. The predicted octanol–water partition coefficient (Wildman–Crippen LogP) is 3.14. The van der Waals surface area contributed by atoms with Gasteiger partial charge in [0.15, 0.2) is 0 Å². The monoisotopic (exact) mass is 136 g/mol. The fourth-order valence-corrected chi connectivity index (χ4v) is 2.77. The molecule has 2 saturated carbocycles. The Balaban J connectivity index is 2.15. The highest BCUT2D eigenvalue weighted by Gasteiger charge is 2.34. The molecule has 0 aliphatic heterocycles. The molecule has 2 fully saturated rings. The van der Waals surface area contributed by atoms with Crippen molar-refractivity contribution in [2.24, 2.45) is 11.8 Å². The van der Waals surface area contributed by atoms with Crippen LogP contribution in [0.15, 0.2) is 11.6 Å². The van der Waals surface area contributed by atoms with Crippen LogP contribution in [0.2, 0.25) is 0 Å². The van der Waals surface area contributed by atoms with Crippen LogP contribution in [0.5, 0.6) is 0 Å². The zero-order valence-corrected chi connectivity index (χ0v) is 6.77. The largest absolute Gasteiger partial charge is 0.0882 e. The minimum Gasteiger partial charge on any atom is -0.0882 e. The van der Waals surface area contributed by atoms with E-state index in [4.69, 9.17) is 0 Å². The molecule has 10 heavy (non-hydrogen) atoms. The number of hydrogen-bond acceptors (Lipinski definition) is 0. The molecule has 0 aromatic carbocycles. The van der Waals surface area contributed by atoms with Gasteiger partial charge in [0.1, 0.15) is 0 Å². The zero-order chi connectivity index (χ0) is 6.97. The first kappa shape index (κ1) is 6.45. The second kappa shape index (κ2) is 2.41. The van der Waals surface area contributed by atoms with Gasteiger partial charge in [0.25, 0.3) is 0 Å². The lowest BCUT2D eigenvalue weighted by Gasteiger charge is -2.08. The van der Waals surface area contributed by atoms with Crippen LogP contribution in [-0.4, -0.2) is 0 Å². The number of fused-ring (bicyclic) bond motifs is 1. The minimum absolute atomic E-state index is 1.02. The number of hydrogen-bond donors (Lipinski definition) is 0. The van der Waals surface area contributed by atoms with Gasteiger partial charge in [-0.25, -0.2) is 0 Å². The van der Waals surface area contributed by atoms with E-state index in [9.17, 15) is 0 Å². The average molecular weight is 136 g/mol. The van der Waals surface area contributed by atoms with E-state index in [1.165, 1.54) is 32.1 Å². The Morgan fingerprint density at radius 1 is 1.30 bits per heavy atom. The molecule has 0 amide bonds. The summed E-state index contributed by atoms with van der Waals surface area (Å²) in [6, 6.07) is 0. The van der Waals surface area contributed by atoms with Crippen LogP contribution in [-0.2, 0) is 0 Å². The number of rotatable bonds is 0. The Hall–Kier alpha value is -0.260. The topological polar surface area (TPSA) is 0 Å². The molecule has 0 aromatic heterocycles. The quantitative estimate of drug-likeness (QED) is 0.449. The van der Waals surface area contributed by atoms with Gasteiger partial charge in [0.2, 0.25) is 0 Å². The lowest BCUT2D eigenvalue weighted by molar-refractivity contribution is 0.491. The molecule has 2 rings (SSSR count). The van der Waals surface area contributed by atoms with Crippen LogP contribution in [0.4, 0.5) is 0 Å². The summed E-state index contributed by atoms with van der Waals surface area (Å²) in [7, 11) is 0. The Bertz CT molecular complexity index is 155. The van der Waals surface area contributed by atoms with E-state index in [0.717, 1.165) is 11.8 Å². The molecule has 2 aliphatic rings. The van der Waals surface area contributed by atoms with Crippen molar-refractivity contribution in [3.63, 3.8) is 0 Å². The van der Waals surface area contributed by atoms with Gasteiger partial charge < -0.3 is 0 Å². The smallest absolute Gasteiger partial charge is 0.0175 e. The van der Waals surface area contributed by atoms with Gasteiger partial charge >= 0.3 is 0 Å². The molecule has 0 unspecified atom stereocenters. The van der Waals surface area contributed by atoms with Crippen LogP contribution >= 0.6 is 0 Å². The van der Waals surface area contributed by atoms with Gasteiger partial charge in [-0.3, -0.25) is 0 Å². The van der Waals surface area contributed by atoms with Crippen molar-refractivity contribution in [3.05, 3.63) is 11.6 Å². The molecule has 0 radical (unpaired) electrons. The maximum Gasteiger partial charge on any atom is -0.0175 e. The van der Waals surface area contributed by atoms with Crippen molar-refractivity contribution in [1.29, 1.82) is 0 Å². The third-order valence-corrected chi connectivity index (χ3v) is 3.31. The number of allylic oxidation sites excluding steroid dienone is 2. The van der Waals surface area contributed by atoms with Crippen molar-refractivity contribution in [1.82, 2.24) is 0 Å². The maximum atomic E-state index is 2.36. The van der Waals surface area contributed by atoms with E-state index >= 15 is 0 Å². The van der Waals surface area contributed by atoms with Gasteiger partial charge in [-0.05, 0) is 44.4 Å². The minimum atomic E-state index is 1.02. The van der Waals surface area contributed by atoms with Crippen LogP contribution in [0.1, 0.15) is 39.0 Å². The second-order valence-electron chi connectivity index (χ2n) is 3.70. The Kier molecular flexibility index (Phi) is 1.55. The van der Waals surface area contributed by atoms with E-state index < -0.39 is 0 Å². The highest BCUT2D eigenvalue weighted by Crippen LogP contribution is 2.46. The lowest BCUT2D eigenvalue weighted by atomic mass is 9.97. The molecule has 0 saturated heterocycles. The molecular weight excluding hydrogens is 120 g/mol. The van der Waals surface area contributed by atoms with Crippen molar-refractivity contribution in [3.8, 4) is 0 Å². The van der Waals surface area contributed by atoms with E-state index in [1.807, 2.05) is 0 Å². The molecule has 2 aliphatic carbocycles. The zero-order valence-electron chi connectivity index (χ0n) is 6.77. The van der Waals surface area contributed by atoms with E-state index in [-0.39, 0.29) is 0 Å². The van der Waals surface area contributed by atoms with E-state index in [1.54, 1.807) is 5.57 Å².